The second-order valence-electron chi connectivity index (χ2n) is 4.08. The number of hydrogen-bond donors (Lipinski definition) is 1. The minimum Gasteiger partial charge on any atom is -0.486 e. The van der Waals surface area contributed by atoms with Crippen molar-refractivity contribution in [3.05, 3.63) is 60.4 Å². The number of ether oxygens (including phenoxy) is 1. The van der Waals surface area contributed by atoms with Crippen LogP contribution in [0.1, 0.15) is 11.1 Å². The molecule has 106 valence electrons. The van der Waals surface area contributed by atoms with E-state index in [1.165, 1.54) is 0 Å². The molecule has 0 unspecified atom stereocenters. The van der Waals surface area contributed by atoms with Crippen molar-refractivity contribution in [2.75, 3.05) is 0 Å². The molecule has 2 nitrogen and oxygen atoms in total. The second kappa shape index (κ2) is 7.14. The summed E-state index contributed by atoms with van der Waals surface area (Å²) in [4.78, 5) is 0. The average molecular weight is 440 g/mol. The minimum absolute atomic E-state index is 0.289. The molecule has 0 saturated heterocycles. The van der Waals surface area contributed by atoms with Crippen molar-refractivity contribution < 1.29 is 4.74 Å². The molecular formula is C14H11Br2Cl2NO. The quantitative estimate of drug-likeness (QED) is 0.677. The van der Waals surface area contributed by atoms with Crippen molar-refractivity contribution in [2.45, 2.75) is 13.2 Å². The number of hydrogen-bond acceptors (Lipinski definition) is 2. The van der Waals surface area contributed by atoms with Crippen molar-refractivity contribution >= 4 is 55.1 Å². The fourth-order valence-corrected chi connectivity index (χ4v) is 3.70. The molecule has 0 heterocycles. The Morgan fingerprint density at radius 1 is 1.05 bits per heavy atom. The summed E-state index contributed by atoms with van der Waals surface area (Å²) in [5, 5.41) is 1.17. The summed E-state index contributed by atoms with van der Waals surface area (Å²) in [6, 6.07) is 9.22. The van der Waals surface area contributed by atoms with Gasteiger partial charge in [0.25, 0.3) is 0 Å². The topological polar surface area (TPSA) is 35.2 Å². The van der Waals surface area contributed by atoms with Gasteiger partial charge in [-0.15, -0.1) is 0 Å². The third-order valence-electron chi connectivity index (χ3n) is 2.72. The fourth-order valence-electron chi connectivity index (χ4n) is 1.68. The van der Waals surface area contributed by atoms with E-state index in [1.807, 2.05) is 12.1 Å². The summed E-state index contributed by atoms with van der Waals surface area (Å²) in [6.07, 6.45) is 0. The van der Waals surface area contributed by atoms with E-state index in [2.05, 4.69) is 31.9 Å². The molecule has 2 aromatic rings. The SMILES string of the molecule is NCc1cc(Br)c(OCc2c(Cl)cccc2Cl)c(Br)c1. The Kier molecular flexibility index (Phi) is 5.75. The van der Waals surface area contributed by atoms with Gasteiger partial charge < -0.3 is 10.5 Å². The highest BCUT2D eigenvalue weighted by Gasteiger charge is 2.11. The van der Waals surface area contributed by atoms with E-state index in [4.69, 9.17) is 33.7 Å². The molecule has 0 saturated carbocycles. The molecule has 0 aliphatic heterocycles. The van der Waals surface area contributed by atoms with Crippen LogP contribution < -0.4 is 10.5 Å². The first-order valence-electron chi connectivity index (χ1n) is 5.76. The van der Waals surface area contributed by atoms with Gasteiger partial charge in [-0.2, -0.15) is 0 Å². The first kappa shape index (κ1) is 16.1. The van der Waals surface area contributed by atoms with Gasteiger partial charge in [0.15, 0.2) is 0 Å². The van der Waals surface area contributed by atoms with E-state index in [1.54, 1.807) is 18.2 Å². The summed E-state index contributed by atoms with van der Waals surface area (Å²) in [6.45, 7) is 0.755. The summed E-state index contributed by atoms with van der Waals surface area (Å²) < 4.78 is 7.47. The first-order chi connectivity index (χ1) is 9.52. The van der Waals surface area contributed by atoms with Crippen molar-refractivity contribution in [3.8, 4) is 5.75 Å². The van der Waals surface area contributed by atoms with Gasteiger partial charge in [0.05, 0.1) is 8.95 Å². The minimum atomic E-state index is 0.289. The van der Waals surface area contributed by atoms with Gasteiger partial charge in [-0.1, -0.05) is 29.3 Å². The number of benzene rings is 2. The monoisotopic (exact) mass is 437 g/mol. The summed E-state index contributed by atoms with van der Waals surface area (Å²) in [5.41, 5.74) is 7.39. The lowest BCUT2D eigenvalue weighted by Crippen LogP contribution is -2.01. The van der Waals surface area contributed by atoms with Crippen LogP contribution >= 0.6 is 55.1 Å². The predicted molar refractivity (Wildman–Crippen MR) is 90.5 cm³/mol. The van der Waals surface area contributed by atoms with Gasteiger partial charge in [0, 0.05) is 22.2 Å². The molecule has 0 radical (unpaired) electrons. The maximum atomic E-state index is 6.12. The third-order valence-corrected chi connectivity index (χ3v) is 4.60. The molecule has 0 aliphatic carbocycles. The summed E-state index contributed by atoms with van der Waals surface area (Å²) >= 11 is 19.2. The lowest BCUT2D eigenvalue weighted by molar-refractivity contribution is 0.302. The maximum Gasteiger partial charge on any atom is 0.148 e. The highest BCUT2D eigenvalue weighted by molar-refractivity contribution is 9.11. The van der Waals surface area contributed by atoms with Gasteiger partial charge in [0.1, 0.15) is 12.4 Å². The standard InChI is InChI=1S/C14H11Br2Cl2NO/c15-10-4-8(6-19)5-11(16)14(10)20-7-9-12(17)2-1-3-13(9)18/h1-5H,6-7,19H2. The maximum absolute atomic E-state index is 6.12. The van der Waals surface area contributed by atoms with Crippen LogP contribution in [0.2, 0.25) is 10.0 Å². The van der Waals surface area contributed by atoms with Crippen LogP contribution in [0, 0.1) is 0 Å². The van der Waals surface area contributed by atoms with E-state index in [-0.39, 0.29) is 6.61 Å². The van der Waals surface area contributed by atoms with Crippen molar-refractivity contribution in [3.63, 3.8) is 0 Å². The van der Waals surface area contributed by atoms with Crippen LogP contribution in [0.4, 0.5) is 0 Å². The molecular weight excluding hydrogens is 429 g/mol. The van der Waals surface area contributed by atoms with E-state index in [0.29, 0.717) is 22.3 Å². The van der Waals surface area contributed by atoms with E-state index >= 15 is 0 Å². The molecule has 2 N–H and O–H groups in total. The second-order valence-corrected chi connectivity index (χ2v) is 6.60. The van der Waals surface area contributed by atoms with Crippen LogP contribution in [0.5, 0.6) is 5.75 Å². The van der Waals surface area contributed by atoms with Crippen LogP contribution in [-0.2, 0) is 13.2 Å². The molecule has 2 rings (SSSR count). The molecule has 6 heteroatoms. The van der Waals surface area contributed by atoms with Gasteiger partial charge >= 0.3 is 0 Å². The molecule has 0 atom stereocenters. The van der Waals surface area contributed by atoms with Crippen LogP contribution in [0.25, 0.3) is 0 Å². The van der Waals surface area contributed by atoms with Crippen LogP contribution in [-0.4, -0.2) is 0 Å². The molecule has 0 amide bonds. The zero-order chi connectivity index (χ0) is 14.7. The Morgan fingerprint density at radius 3 is 2.10 bits per heavy atom. The third kappa shape index (κ3) is 3.68. The van der Waals surface area contributed by atoms with E-state index < -0.39 is 0 Å². The smallest absolute Gasteiger partial charge is 0.148 e. The fraction of sp³-hybridized carbons (Fsp3) is 0.143. The lowest BCUT2D eigenvalue weighted by Gasteiger charge is -2.13. The lowest BCUT2D eigenvalue weighted by atomic mass is 10.2. The van der Waals surface area contributed by atoms with E-state index in [9.17, 15) is 0 Å². The Labute approximate surface area is 144 Å². The summed E-state index contributed by atoms with van der Waals surface area (Å²) in [7, 11) is 0. The highest BCUT2D eigenvalue weighted by Crippen LogP contribution is 2.36. The first-order valence-corrected chi connectivity index (χ1v) is 8.10. The van der Waals surface area contributed by atoms with Crippen LogP contribution in [0.15, 0.2) is 39.3 Å². The molecule has 0 aliphatic rings. The average Bonchev–Trinajstić information content (AvgIpc) is 2.40. The molecule has 0 bridgehead atoms. The Morgan fingerprint density at radius 2 is 1.60 bits per heavy atom. The van der Waals surface area contributed by atoms with Crippen molar-refractivity contribution in [2.24, 2.45) is 5.73 Å². The molecule has 0 aromatic heterocycles. The van der Waals surface area contributed by atoms with Crippen LogP contribution in [0.3, 0.4) is 0 Å². The number of nitrogens with two attached hydrogens (primary N) is 1. The molecule has 20 heavy (non-hydrogen) atoms. The number of halogens is 4. The Hall–Kier alpha value is -0.260. The predicted octanol–water partition coefficient (Wildman–Crippen LogP) is 5.56. The molecule has 0 fully saturated rings. The molecule has 0 spiro atoms. The largest absolute Gasteiger partial charge is 0.486 e. The van der Waals surface area contributed by atoms with Gasteiger partial charge in [-0.3, -0.25) is 0 Å². The van der Waals surface area contributed by atoms with E-state index in [0.717, 1.165) is 20.1 Å². The zero-order valence-corrected chi connectivity index (χ0v) is 15.0. The Bertz CT molecular complexity index is 591. The van der Waals surface area contributed by atoms with Crippen molar-refractivity contribution in [1.82, 2.24) is 0 Å². The van der Waals surface area contributed by atoms with Crippen molar-refractivity contribution in [1.29, 1.82) is 0 Å². The Balaban J connectivity index is 2.23. The zero-order valence-electron chi connectivity index (χ0n) is 10.3. The summed E-state index contributed by atoms with van der Waals surface area (Å²) in [5.74, 6) is 0.693. The number of rotatable bonds is 4. The normalized spacial score (nSPS) is 10.7. The van der Waals surface area contributed by atoms with Gasteiger partial charge in [-0.25, -0.2) is 0 Å². The molecule has 2 aromatic carbocycles. The van der Waals surface area contributed by atoms with Gasteiger partial charge in [-0.05, 0) is 61.7 Å². The highest BCUT2D eigenvalue weighted by atomic mass is 79.9. The van der Waals surface area contributed by atoms with Gasteiger partial charge in [0.2, 0.25) is 0 Å².